The van der Waals surface area contributed by atoms with Crippen LogP contribution in [0.4, 0.5) is 0 Å². The molecule has 1 saturated carbocycles. The van der Waals surface area contributed by atoms with E-state index in [1.165, 1.54) is 32.1 Å². The molecule has 20 heavy (non-hydrogen) atoms. The van der Waals surface area contributed by atoms with Crippen molar-refractivity contribution in [3.63, 3.8) is 0 Å². The molecule has 1 N–H and O–H groups in total. The summed E-state index contributed by atoms with van der Waals surface area (Å²) >= 11 is 0. The lowest BCUT2D eigenvalue weighted by Gasteiger charge is -2.32. The second kappa shape index (κ2) is 7.44. The van der Waals surface area contributed by atoms with Crippen molar-refractivity contribution in [3.05, 3.63) is 0 Å². The van der Waals surface area contributed by atoms with Crippen molar-refractivity contribution < 1.29 is 4.79 Å². The van der Waals surface area contributed by atoms with Gasteiger partial charge in [0.05, 0.1) is 12.2 Å². The van der Waals surface area contributed by atoms with Crippen molar-refractivity contribution >= 4 is 5.91 Å². The predicted octanol–water partition coefficient (Wildman–Crippen LogP) is 3.68. The Morgan fingerprint density at radius 1 is 1.10 bits per heavy atom. The van der Waals surface area contributed by atoms with Crippen LogP contribution in [-0.4, -0.2) is 29.1 Å². The first-order valence-electron chi connectivity index (χ1n) is 8.75. The third kappa shape index (κ3) is 3.55. The standard InChI is InChI=1S/C17H32N2O/c1-4-7-15-17(20)19(16(18-15)8-5-2)14-10-6-9-13(3)11-12-14/h13-16,18H,4-12H2,1-3H3. The minimum absolute atomic E-state index is 0.0808. The zero-order chi connectivity index (χ0) is 14.5. The van der Waals surface area contributed by atoms with Crippen LogP contribution in [0.25, 0.3) is 0 Å². The van der Waals surface area contributed by atoms with Crippen LogP contribution >= 0.6 is 0 Å². The van der Waals surface area contributed by atoms with Gasteiger partial charge >= 0.3 is 0 Å². The van der Waals surface area contributed by atoms with Crippen LogP contribution < -0.4 is 5.32 Å². The van der Waals surface area contributed by atoms with Crippen LogP contribution in [0.1, 0.15) is 78.6 Å². The van der Waals surface area contributed by atoms with Gasteiger partial charge in [-0.1, -0.05) is 46.5 Å². The smallest absolute Gasteiger partial charge is 0.241 e. The van der Waals surface area contributed by atoms with Crippen molar-refractivity contribution in [3.8, 4) is 0 Å². The monoisotopic (exact) mass is 280 g/mol. The van der Waals surface area contributed by atoms with Crippen molar-refractivity contribution in [2.24, 2.45) is 5.92 Å². The van der Waals surface area contributed by atoms with Crippen LogP contribution in [0.5, 0.6) is 0 Å². The van der Waals surface area contributed by atoms with E-state index >= 15 is 0 Å². The largest absolute Gasteiger partial charge is 0.323 e. The average molecular weight is 280 g/mol. The minimum atomic E-state index is 0.0808. The molecule has 4 atom stereocenters. The maximum atomic E-state index is 12.7. The van der Waals surface area contributed by atoms with E-state index in [1.807, 2.05) is 0 Å². The molecule has 4 unspecified atom stereocenters. The van der Waals surface area contributed by atoms with E-state index in [4.69, 9.17) is 0 Å². The number of carbonyl (C=O) groups is 1. The highest BCUT2D eigenvalue weighted by Gasteiger charge is 2.41. The van der Waals surface area contributed by atoms with Crippen molar-refractivity contribution in [2.45, 2.75) is 96.8 Å². The van der Waals surface area contributed by atoms with E-state index in [9.17, 15) is 4.79 Å². The minimum Gasteiger partial charge on any atom is -0.323 e. The van der Waals surface area contributed by atoms with E-state index in [1.54, 1.807) is 0 Å². The Bertz CT molecular complexity index is 318. The lowest BCUT2D eigenvalue weighted by molar-refractivity contribution is -0.132. The number of hydrogen-bond acceptors (Lipinski definition) is 2. The molecule has 0 bridgehead atoms. The van der Waals surface area contributed by atoms with Crippen LogP contribution in [0.3, 0.4) is 0 Å². The van der Waals surface area contributed by atoms with Crippen molar-refractivity contribution in [1.82, 2.24) is 10.2 Å². The molecule has 0 aromatic rings. The Morgan fingerprint density at radius 3 is 2.55 bits per heavy atom. The predicted molar refractivity (Wildman–Crippen MR) is 83.4 cm³/mol. The number of nitrogens with zero attached hydrogens (tertiary/aromatic N) is 1. The zero-order valence-electron chi connectivity index (χ0n) is 13.5. The van der Waals surface area contributed by atoms with Gasteiger partial charge in [0.25, 0.3) is 0 Å². The summed E-state index contributed by atoms with van der Waals surface area (Å²) in [6, 6.07) is 0.565. The third-order valence-corrected chi connectivity index (χ3v) is 5.04. The summed E-state index contributed by atoms with van der Waals surface area (Å²) in [5.41, 5.74) is 0. The number of carbonyl (C=O) groups excluding carboxylic acids is 1. The number of hydrogen-bond donors (Lipinski definition) is 1. The van der Waals surface area contributed by atoms with Gasteiger partial charge in [0.15, 0.2) is 0 Å². The number of nitrogens with one attached hydrogen (secondary N) is 1. The summed E-state index contributed by atoms with van der Waals surface area (Å²) in [5, 5.41) is 3.60. The molecular weight excluding hydrogens is 248 g/mol. The maximum Gasteiger partial charge on any atom is 0.241 e. The summed E-state index contributed by atoms with van der Waals surface area (Å²) in [6.45, 7) is 6.74. The van der Waals surface area contributed by atoms with Gasteiger partial charge in [0.1, 0.15) is 0 Å². The molecule has 1 aliphatic carbocycles. The second-order valence-corrected chi connectivity index (χ2v) is 6.83. The van der Waals surface area contributed by atoms with E-state index in [2.05, 4.69) is 31.0 Å². The molecular formula is C17H32N2O. The normalized spacial score (nSPS) is 35.4. The van der Waals surface area contributed by atoms with Gasteiger partial charge in [-0.25, -0.2) is 0 Å². The van der Waals surface area contributed by atoms with Crippen LogP contribution in [0.2, 0.25) is 0 Å². The van der Waals surface area contributed by atoms with E-state index in [0.717, 1.165) is 31.6 Å². The molecule has 2 aliphatic rings. The SMILES string of the molecule is CCCC1NC(CCC)N(C2CCCC(C)CC2)C1=O. The van der Waals surface area contributed by atoms with Gasteiger partial charge in [-0.2, -0.15) is 0 Å². The molecule has 2 rings (SSSR count). The number of rotatable bonds is 5. The first-order valence-corrected chi connectivity index (χ1v) is 8.75. The molecule has 1 saturated heterocycles. The van der Waals surface area contributed by atoms with E-state index < -0.39 is 0 Å². The topological polar surface area (TPSA) is 32.3 Å². The quantitative estimate of drug-likeness (QED) is 0.779. The van der Waals surface area contributed by atoms with Gasteiger partial charge < -0.3 is 4.90 Å². The lowest BCUT2D eigenvalue weighted by Crippen LogP contribution is -2.44. The van der Waals surface area contributed by atoms with Gasteiger partial charge in [-0.15, -0.1) is 0 Å². The summed E-state index contributed by atoms with van der Waals surface area (Å²) in [7, 11) is 0. The van der Waals surface area contributed by atoms with Gasteiger partial charge in [0.2, 0.25) is 5.91 Å². The molecule has 2 fully saturated rings. The Hall–Kier alpha value is -0.570. The Morgan fingerprint density at radius 2 is 1.85 bits per heavy atom. The van der Waals surface area contributed by atoms with Crippen LogP contribution in [0, 0.1) is 5.92 Å². The highest BCUT2D eigenvalue weighted by Crippen LogP contribution is 2.30. The first kappa shape index (κ1) is 15.8. The molecule has 3 nitrogen and oxygen atoms in total. The summed E-state index contributed by atoms with van der Waals surface area (Å²) in [4.78, 5) is 15.0. The Balaban J connectivity index is 2.06. The fourth-order valence-electron chi connectivity index (χ4n) is 3.89. The average Bonchev–Trinajstić information content (AvgIpc) is 2.60. The first-order chi connectivity index (χ1) is 9.67. The molecule has 0 aromatic carbocycles. The van der Waals surface area contributed by atoms with Gasteiger partial charge in [0, 0.05) is 6.04 Å². The highest BCUT2D eigenvalue weighted by molar-refractivity contribution is 5.84. The maximum absolute atomic E-state index is 12.7. The molecule has 1 heterocycles. The highest BCUT2D eigenvalue weighted by atomic mass is 16.2. The van der Waals surface area contributed by atoms with Crippen LogP contribution in [-0.2, 0) is 4.79 Å². The Kier molecular flexibility index (Phi) is 5.88. The van der Waals surface area contributed by atoms with Gasteiger partial charge in [-0.05, 0) is 38.0 Å². The van der Waals surface area contributed by atoms with Gasteiger partial charge in [-0.3, -0.25) is 10.1 Å². The molecule has 0 radical (unpaired) electrons. The molecule has 1 aliphatic heterocycles. The molecule has 0 spiro atoms. The summed E-state index contributed by atoms with van der Waals surface area (Å²) in [6.07, 6.45) is 10.9. The second-order valence-electron chi connectivity index (χ2n) is 6.83. The molecule has 116 valence electrons. The summed E-state index contributed by atoms with van der Waals surface area (Å²) in [5.74, 6) is 1.21. The summed E-state index contributed by atoms with van der Waals surface area (Å²) < 4.78 is 0. The van der Waals surface area contributed by atoms with E-state index in [0.29, 0.717) is 18.1 Å². The third-order valence-electron chi connectivity index (χ3n) is 5.04. The fraction of sp³-hybridized carbons (Fsp3) is 0.941. The molecule has 0 aromatic heterocycles. The van der Waals surface area contributed by atoms with Crippen molar-refractivity contribution in [2.75, 3.05) is 0 Å². The molecule has 1 amide bonds. The molecule has 3 heteroatoms. The Labute approximate surface area is 124 Å². The number of amides is 1. The lowest BCUT2D eigenvalue weighted by atomic mass is 10.0. The van der Waals surface area contributed by atoms with E-state index in [-0.39, 0.29) is 6.04 Å². The van der Waals surface area contributed by atoms with Crippen LogP contribution in [0.15, 0.2) is 0 Å². The zero-order valence-corrected chi connectivity index (χ0v) is 13.5. The fourth-order valence-corrected chi connectivity index (χ4v) is 3.89. The van der Waals surface area contributed by atoms with Crippen molar-refractivity contribution in [1.29, 1.82) is 0 Å².